The maximum atomic E-state index is 10.7. The van der Waals surface area contributed by atoms with Crippen LogP contribution in [0.2, 0.25) is 0 Å². The molecule has 6 heteroatoms. The molecule has 0 bridgehead atoms. The van der Waals surface area contributed by atoms with Crippen molar-refractivity contribution >= 4 is 20.2 Å². The zero-order chi connectivity index (χ0) is 15.0. The summed E-state index contributed by atoms with van der Waals surface area (Å²) < 4.78 is 24.0. The highest BCUT2D eigenvalue weighted by Crippen LogP contribution is 2.36. The molecule has 0 aromatic carbocycles. The van der Waals surface area contributed by atoms with E-state index >= 15 is 0 Å². The van der Waals surface area contributed by atoms with Crippen LogP contribution in [0.15, 0.2) is 0 Å². The molecular weight excluding hydrogens is 294 g/mol. The third-order valence-electron chi connectivity index (χ3n) is 4.30. The van der Waals surface area contributed by atoms with E-state index in [1.54, 1.807) is 0 Å². The highest BCUT2D eigenvalue weighted by atomic mass is 32.9. The normalized spacial score (nSPS) is 30.1. The quantitative estimate of drug-likeness (QED) is 0.639. The van der Waals surface area contributed by atoms with Crippen LogP contribution in [0.4, 0.5) is 0 Å². The fourth-order valence-corrected chi connectivity index (χ4v) is 3.66. The van der Waals surface area contributed by atoms with E-state index in [1.165, 1.54) is 32.1 Å². The van der Waals surface area contributed by atoms with E-state index in [0.29, 0.717) is 6.54 Å². The molecule has 0 saturated heterocycles. The highest BCUT2D eigenvalue weighted by Gasteiger charge is 2.24. The minimum atomic E-state index is -3.45. The lowest BCUT2D eigenvalue weighted by atomic mass is 9.74. The average Bonchev–Trinajstić information content (AvgIpc) is 2.33. The van der Waals surface area contributed by atoms with Gasteiger partial charge in [0.15, 0.2) is 0 Å². The number of rotatable bonds is 9. The van der Waals surface area contributed by atoms with E-state index in [2.05, 4.69) is 34.5 Å². The minimum Gasteiger partial charge on any atom is -0.314 e. The first-order chi connectivity index (χ1) is 9.38. The van der Waals surface area contributed by atoms with Crippen molar-refractivity contribution in [1.29, 1.82) is 0 Å². The van der Waals surface area contributed by atoms with Crippen LogP contribution < -0.4 is 5.32 Å². The van der Waals surface area contributed by atoms with Gasteiger partial charge in [0.05, 0.1) is 6.61 Å². The third kappa shape index (κ3) is 8.52. The zero-order valence-corrected chi connectivity index (χ0v) is 14.3. The van der Waals surface area contributed by atoms with Crippen LogP contribution in [0.3, 0.4) is 0 Å². The maximum Gasteiger partial charge on any atom is 0.266 e. The van der Waals surface area contributed by atoms with Gasteiger partial charge in [-0.2, -0.15) is 4.21 Å². The molecule has 20 heavy (non-hydrogen) atoms. The van der Waals surface area contributed by atoms with Crippen LogP contribution in [0, 0.1) is 17.8 Å². The van der Waals surface area contributed by atoms with Crippen LogP contribution in [-0.4, -0.2) is 28.5 Å². The van der Waals surface area contributed by atoms with Crippen molar-refractivity contribution in [2.24, 2.45) is 17.8 Å². The summed E-state index contributed by atoms with van der Waals surface area (Å²) >= 11 is 4.23. The molecule has 4 nitrogen and oxygen atoms in total. The van der Waals surface area contributed by atoms with Crippen LogP contribution in [-0.2, 0) is 24.4 Å². The van der Waals surface area contributed by atoms with Crippen molar-refractivity contribution in [3.63, 3.8) is 0 Å². The molecular formula is C14H29NO3S2. The number of hydrogen-bond donors (Lipinski definition) is 2. The first kappa shape index (κ1) is 18.3. The molecule has 0 amide bonds. The van der Waals surface area contributed by atoms with Gasteiger partial charge in [0.2, 0.25) is 0 Å². The summed E-state index contributed by atoms with van der Waals surface area (Å²) in [5.41, 5.74) is 0. The Morgan fingerprint density at radius 3 is 2.70 bits per heavy atom. The largest absolute Gasteiger partial charge is 0.314 e. The molecule has 1 aliphatic carbocycles. The van der Waals surface area contributed by atoms with Crippen molar-refractivity contribution in [1.82, 2.24) is 5.32 Å². The first-order valence-corrected chi connectivity index (χ1v) is 10.1. The molecule has 3 unspecified atom stereocenters. The monoisotopic (exact) mass is 323 g/mol. The Morgan fingerprint density at radius 2 is 2.05 bits per heavy atom. The van der Waals surface area contributed by atoms with Gasteiger partial charge in [0.25, 0.3) is 9.05 Å². The highest BCUT2D eigenvalue weighted by molar-refractivity contribution is 8.27. The fraction of sp³-hybridized carbons (Fsp3) is 1.00. The van der Waals surface area contributed by atoms with E-state index in [1.807, 2.05) is 0 Å². The molecule has 2 N–H and O–H groups in total. The van der Waals surface area contributed by atoms with Crippen LogP contribution in [0.5, 0.6) is 0 Å². The smallest absolute Gasteiger partial charge is 0.266 e. The van der Waals surface area contributed by atoms with Gasteiger partial charge in [0, 0.05) is 17.7 Å². The summed E-state index contributed by atoms with van der Waals surface area (Å²) in [6.45, 7) is 6.47. The number of nitrogens with one attached hydrogen (secondary N) is 1. The molecule has 0 heterocycles. The number of hydrogen-bond acceptors (Lipinski definition) is 4. The predicted octanol–water partition coefficient (Wildman–Crippen LogP) is 2.97. The Bertz CT molecular complexity index is 359. The fourth-order valence-electron chi connectivity index (χ4n) is 3.16. The second kappa shape index (κ2) is 9.30. The maximum absolute atomic E-state index is 10.7. The van der Waals surface area contributed by atoms with Gasteiger partial charge in [-0.1, -0.05) is 33.1 Å². The van der Waals surface area contributed by atoms with Gasteiger partial charge in [-0.3, -0.25) is 8.74 Å². The molecule has 1 aliphatic rings. The van der Waals surface area contributed by atoms with Crippen molar-refractivity contribution in [3.8, 4) is 0 Å². The van der Waals surface area contributed by atoms with Crippen LogP contribution in [0.25, 0.3) is 0 Å². The summed E-state index contributed by atoms with van der Waals surface area (Å²) in [5.74, 6) is 2.70. The van der Waals surface area contributed by atoms with Gasteiger partial charge in [0.1, 0.15) is 0 Å². The van der Waals surface area contributed by atoms with Crippen LogP contribution in [0.1, 0.15) is 52.4 Å². The van der Waals surface area contributed by atoms with Gasteiger partial charge in [-0.25, -0.2) is 0 Å². The van der Waals surface area contributed by atoms with Gasteiger partial charge >= 0.3 is 0 Å². The lowest BCUT2D eigenvalue weighted by Gasteiger charge is -2.32. The van der Waals surface area contributed by atoms with Crippen molar-refractivity contribution in [2.45, 2.75) is 52.4 Å². The Balaban J connectivity index is 1.94. The molecule has 0 aromatic rings. The SMILES string of the molecule is CC1CC[C@H](CCCCNCCOS(=O)(O)=S)C(C)C1. The van der Waals surface area contributed by atoms with Crippen molar-refractivity contribution in [3.05, 3.63) is 0 Å². The molecule has 0 radical (unpaired) electrons. The Morgan fingerprint density at radius 1 is 1.30 bits per heavy atom. The lowest BCUT2D eigenvalue weighted by molar-refractivity contribution is 0.190. The third-order valence-corrected chi connectivity index (χ3v) is 5.05. The van der Waals surface area contributed by atoms with E-state index in [-0.39, 0.29) is 6.61 Å². The Labute approximate surface area is 128 Å². The second-order valence-corrected chi connectivity index (χ2v) is 8.51. The van der Waals surface area contributed by atoms with E-state index in [0.717, 1.165) is 30.7 Å². The Hall–Kier alpha value is 0.250. The molecule has 120 valence electrons. The van der Waals surface area contributed by atoms with Gasteiger partial charge < -0.3 is 5.32 Å². The number of unbranched alkanes of at least 4 members (excludes halogenated alkanes) is 1. The molecule has 1 fully saturated rings. The summed E-state index contributed by atoms with van der Waals surface area (Å²) in [6, 6.07) is 0. The van der Waals surface area contributed by atoms with Gasteiger partial charge in [-0.05, 0) is 43.6 Å². The van der Waals surface area contributed by atoms with E-state index < -0.39 is 9.05 Å². The molecule has 1 rings (SSSR count). The Kier molecular flexibility index (Phi) is 8.51. The minimum absolute atomic E-state index is 0.191. The summed E-state index contributed by atoms with van der Waals surface area (Å²) in [5, 5.41) is 3.21. The molecule has 1 saturated carbocycles. The topological polar surface area (TPSA) is 58.6 Å². The van der Waals surface area contributed by atoms with Crippen LogP contribution >= 0.6 is 0 Å². The molecule has 0 spiro atoms. The average molecular weight is 324 g/mol. The predicted molar refractivity (Wildman–Crippen MR) is 86.5 cm³/mol. The summed E-state index contributed by atoms with van der Waals surface area (Å²) in [4.78, 5) is 0. The summed E-state index contributed by atoms with van der Waals surface area (Å²) in [6.07, 6.45) is 7.93. The first-order valence-electron chi connectivity index (χ1n) is 7.71. The summed E-state index contributed by atoms with van der Waals surface area (Å²) in [7, 11) is -3.45. The van der Waals surface area contributed by atoms with E-state index in [9.17, 15) is 4.21 Å². The van der Waals surface area contributed by atoms with Gasteiger partial charge in [-0.15, -0.1) is 0 Å². The second-order valence-electron chi connectivity index (χ2n) is 6.15. The zero-order valence-electron chi connectivity index (χ0n) is 12.7. The van der Waals surface area contributed by atoms with Crippen molar-refractivity contribution in [2.75, 3.05) is 19.7 Å². The molecule has 0 aromatic heterocycles. The molecule has 0 aliphatic heterocycles. The van der Waals surface area contributed by atoms with Crippen molar-refractivity contribution < 1.29 is 12.9 Å². The molecule has 4 atom stereocenters. The lowest BCUT2D eigenvalue weighted by Crippen LogP contribution is -2.23. The standard InChI is InChI=1S/C14H29NO3S2/c1-12-6-7-14(13(2)11-12)5-3-4-8-15-9-10-18-20(16,17)19/h12-15H,3-11H2,1-2H3,(H,16,17,19)/t12?,13?,14-/m0/s1. The van der Waals surface area contributed by atoms with E-state index in [4.69, 9.17) is 4.55 Å².